The van der Waals surface area contributed by atoms with E-state index in [0.717, 1.165) is 0 Å². The molecule has 1 aliphatic heterocycles. The van der Waals surface area contributed by atoms with Crippen LogP contribution in [0.4, 0.5) is 0 Å². The van der Waals surface area contributed by atoms with E-state index in [1.54, 1.807) is 0 Å². The van der Waals surface area contributed by atoms with Crippen molar-refractivity contribution in [1.29, 1.82) is 0 Å². The van der Waals surface area contributed by atoms with E-state index < -0.39 is 0 Å². The summed E-state index contributed by atoms with van der Waals surface area (Å²) in [6, 6.07) is 0.568. The van der Waals surface area contributed by atoms with Gasteiger partial charge in [0.15, 0.2) is 0 Å². The molecule has 1 aromatic heterocycles. The molecule has 3 heteroatoms. The third-order valence-electron chi connectivity index (χ3n) is 3.22. The predicted molar refractivity (Wildman–Crippen MR) is 61.6 cm³/mol. The summed E-state index contributed by atoms with van der Waals surface area (Å²) in [7, 11) is 1.99. The fourth-order valence-corrected chi connectivity index (χ4v) is 2.53. The Morgan fingerprint density at radius 3 is 2.67 bits per heavy atom. The molecule has 1 unspecified atom stereocenters. The van der Waals surface area contributed by atoms with Crippen molar-refractivity contribution in [1.82, 2.24) is 14.7 Å². The zero-order chi connectivity index (χ0) is 11.1. The fourth-order valence-electron chi connectivity index (χ4n) is 2.53. The second-order valence-corrected chi connectivity index (χ2v) is 5.47. The Bertz CT molecular complexity index is 335. The van der Waals surface area contributed by atoms with Gasteiger partial charge < -0.3 is 0 Å². The molecular weight excluding hydrogens is 186 g/mol. The van der Waals surface area contributed by atoms with Crippen LogP contribution in [-0.4, -0.2) is 26.8 Å². The van der Waals surface area contributed by atoms with E-state index in [9.17, 15) is 0 Å². The molecule has 0 saturated carbocycles. The van der Waals surface area contributed by atoms with Crippen LogP contribution in [0, 0.1) is 0 Å². The minimum Gasteiger partial charge on any atom is -0.291 e. The molecule has 0 bridgehead atoms. The van der Waals surface area contributed by atoms with Crippen LogP contribution in [0.5, 0.6) is 0 Å². The summed E-state index contributed by atoms with van der Waals surface area (Å²) in [5.41, 5.74) is 1.63. The molecule has 0 aromatic carbocycles. The monoisotopic (exact) mass is 207 g/mol. The number of aryl methyl sites for hydroxylation is 1. The second-order valence-electron chi connectivity index (χ2n) is 5.47. The van der Waals surface area contributed by atoms with E-state index in [2.05, 4.69) is 37.0 Å². The maximum Gasteiger partial charge on any atom is 0.0537 e. The Morgan fingerprint density at radius 2 is 2.13 bits per heavy atom. The van der Waals surface area contributed by atoms with Crippen molar-refractivity contribution in [3.05, 3.63) is 18.0 Å². The largest absolute Gasteiger partial charge is 0.291 e. The van der Waals surface area contributed by atoms with Gasteiger partial charge in [-0.25, -0.2) is 0 Å². The minimum atomic E-state index is 0.261. The van der Waals surface area contributed by atoms with Gasteiger partial charge in [0.2, 0.25) is 0 Å². The second kappa shape index (κ2) is 3.63. The summed E-state index contributed by atoms with van der Waals surface area (Å²) >= 11 is 0. The van der Waals surface area contributed by atoms with Gasteiger partial charge in [0.1, 0.15) is 0 Å². The zero-order valence-electron chi connectivity index (χ0n) is 10.2. The number of hydrogen-bond acceptors (Lipinski definition) is 2. The normalized spacial score (nSPS) is 23.6. The molecule has 2 rings (SSSR count). The molecule has 1 atom stereocenters. The highest BCUT2D eigenvalue weighted by Crippen LogP contribution is 2.36. The van der Waals surface area contributed by atoms with E-state index in [4.69, 9.17) is 0 Å². The lowest BCUT2D eigenvalue weighted by Crippen LogP contribution is -2.40. The van der Waals surface area contributed by atoms with Gasteiger partial charge in [0, 0.05) is 30.4 Å². The van der Waals surface area contributed by atoms with Crippen molar-refractivity contribution in [3.8, 4) is 0 Å². The molecule has 0 radical (unpaired) electrons. The van der Waals surface area contributed by atoms with Crippen LogP contribution in [0.1, 0.15) is 45.2 Å². The molecule has 0 aliphatic carbocycles. The highest BCUT2D eigenvalue weighted by molar-refractivity contribution is 5.13. The smallest absolute Gasteiger partial charge is 0.0537 e. The number of rotatable bonds is 1. The van der Waals surface area contributed by atoms with E-state index in [0.29, 0.717) is 6.04 Å². The van der Waals surface area contributed by atoms with Crippen LogP contribution in [0.25, 0.3) is 0 Å². The number of hydrogen-bond donors (Lipinski definition) is 0. The predicted octanol–water partition coefficient (Wildman–Crippen LogP) is 2.36. The van der Waals surface area contributed by atoms with Gasteiger partial charge in [-0.05, 0) is 40.2 Å². The van der Waals surface area contributed by atoms with E-state index in [-0.39, 0.29) is 5.54 Å². The van der Waals surface area contributed by atoms with Gasteiger partial charge in [0.05, 0.1) is 6.20 Å². The first kappa shape index (κ1) is 10.7. The van der Waals surface area contributed by atoms with Crippen LogP contribution < -0.4 is 0 Å². The number of likely N-dealkylation sites (tertiary alicyclic amines) is 1. The molecule has 84 valence electrons. The van der Waals surface area contributed by atoms with Gasteiger partial charge in [-0.1, -0.05) is 0 Å². The first-order chi connectivity index (χ1) is 6.98. The first-order valence-electron chi connectivity index (χ1n) is 5.74. The Labute approximate surface area is 92.1 Å². The van der Waals surface area contributed by atoms with Gasteiger partial charge in [-0.3, -0.25) is 9.58 Å². The van der Waals surface area contributed by atoms with Gasteiger partial charge in [-0.2, -0.15) is 5.10 Å². The summed E-state index contributed by atoms with van der Waals surface area (Å²) in [4.78, 5) is 2.59. The Hall–Kier alpha value is -0.830. The highest BCUT2D eigenvalue weighted by Gasteiger charge is 2.34. The van der Waals surface area contributed by atoms with E-state index >= 15 is 0 Å². The topological polar surface area (TPSA) is 21.1 Å². The maximum atomic E-state index is 4.27. The summed E-state index contributed by atoms with van der Waals surface area (Å²) in [5.74, 6) is 0. The molecule has 0 N–H and O–H groups in total. The SMILES string of the molecule is Cn1cc(C2CCCN2C(C)(C)C)cn1. The molecule has 15 heavy (non-hydrogen) atoms. The summed E-state index contributed by atoms with van der Waals surface area (Å²) in [5, 5.41) is 4.27. The quantitative estimate of drug-likeness (QED) is 0.705. The third-order valence-corrected chi connectivity index (χ3v) is 3.22. The lowest BCUT2D eigenvalue weighted by molar-refractivity contribution is 0.121. The molecular formula is C12H21N3. The lowest BCUT2D eigenvalue weighted by atomic mass is 10.0. The van der Waals surface area contributed by atoms with Crippen LogP contribution in [-0.2, 0) is 7.05 Å². The Kier molecular flexibility index (Phi) is 2.59. The fraction of sp³-hybridized carbons (Fsp3) is 0.750. The van der Waals surface area contributed by atoms with Crippen molar-refractivity contribution < 1.29 is 0 Å². The average Bonchev–Trinajstić information content (AvgIpc) is 2.68. The maximum absolute atomic E-state index is 4.27. The van der Waals surface area contributed by atoms with Crippen molar-refractivity contribution in [2.24, 2.45) is 7.05 Å². The van der Waals surface area contributed by atoms with Gasteiger partial charge in [0.25, 0.3) is 0 Å². The molecule has 1 saturated heterocycles. The summed E-state index contributed by atoms with van der Waals surface area (Å²) in [6.07, 6.45) is 6.73. The van der Waals surface area contributed by atoms with Crippen LogP contribution >= 0.6 is 0 Å². The van der Waals surface area contributed by atoms with Crippen LogP contribution in [0.2, 0.25) is 0 Å². The van der Waals surface area contributed by atoms with Gasteiger partial charge in [-0.15, -0.1) is 0 Å². The van der Waals surface area contributed by atoms with Crippen molar-refractivity contribution in [3.63, 3.8) is 0 Å². The molecule has 2 heterocycles. The molecule has 0 spiro atoms. The molecule has 0 amide bonds. The van der Waals surface area contributed by atoms with Crippen molar-refractivity contribution >= 4 is 0 Å². The van der Waals surface area contributed by atoms with Crippen molar-refractivity contribution in [2.75, 3.05) is 6.54 Å². The van der Waals surface area contributed by atoms with Crippen molar-refractivity contribution in [2.45, 2.75) is 45.2 Å². The Balaban J connectivity index is 2.22. The molecule has 1 aromatic rings. The third kappa shape index (κ3) is 2.07. The van der Waals surface area contributed by atoms with E-state index in [1.807, 2.05) is 17.9 Å². The van der Waals surface area contributed by atoms with E-state index in [1.165, 1.54) is 24.9 Å². The summed E-state index contributed by atoms with van der Waals surface area (Å²) in [6.45, 7) is 8.09. The molecule has 3 nitrogen and oxygen atoms in total. The summed E-state index contributed by atoms with van der Waals surface area (Å²) < 4.78 is 1.90. The molecule has 1 fully saturated rings. The van der Waals surface area contributed by atoms with Gasteiger partial charge >= 0.3 is 0 Å². The minimum absolute atomic E-state index is 0.261. The highest BCUT2D eigenvalue weighted by atomic mass is 15.3. The molecule has 1 aliphatic rings. The first-order valence-corrected chi connectivity index (χ1v) is 5.74. The lowest BCUT2D eigenvalue weighted by Gasteiger charge is -2.36. The van der Waals surface area contributed by atoms with Crippen LogP contribution in [0.15, 0.2) is 12.4 Å². The Morgan fingerprint density at radius 1 is 1.40 bits per heavy atom. The zero-order valence-corrected chi connectivity index (χ0v) is 10.2. The number of nitrogens with zero attached hydrogens (tertiary/aromatic N) is 3. The standard InChI is InChI=1S/C12H21N3/c1-12(2,3)15-7-5-6-11(15)10-8-13-14(4)9-10/h8-9,11H,5-7H2,1-4H3. The number of aromatic nitrogens is 2. The average molecular weight is 207 g/mol. The van der Waals surface area contributed by atoms with Crippen LogP contribution in [0.3, 0.4) is 0 Å².